The van der Waals surface area contributed by atoms with E-state index in [9.17, 15) is 14.4 Å². The summed E-state index contributed by atoms with van der Waals surface area (Å²) in [7, 11) is 0. The first-order valence-corrected chi connectivity index (χ1v) is 15.4. The van der Waals surface area contributed by atoms with Crippen molar-refractivity contribution in [3.8, 4) is 5.69 Å². The standard InChI is InChI=1S/C33H39ClN4O4/c1-32(2,3)42-31(41)37-17-13-21(14-18-37)29(40)36-15-11-20(12-16-36)22-9-10-25-23(19-22)33(4,5)30-35-28(39)27-24(34)7-6-8-26(27)38(25)30/h6-10,19-21H,11-18H2,1-5H3. The molecule has 0 unspecified atom stereocenters. The normalized spacial score (nSPS) is 19.1. The Bertz CT molecular complexity index is 1620. The van der Waals surface area contributed by atoms with E-state index in [0.717, 1.165) is 48.5 Å². The van der Waals surface area contributed by atoms with Crippen molar-refractivity contribution < 1.29 is 14.3 Å². The van der Waals surface area contributed by atoms with E-state index in [1.165, 1.54) is 5.56 Å². The number of nitrogens with zero attached hydrogens (tertiary/aromatic N) is 4. The Morgan fingerprint density at radius 1 is 0.976 bits per heavy atom. The highest BCUT2D eigenvalue weighted by Crippen LogP contribution is 2.45. The molecule has 0 N–H and O–H groups in total. The van der Waals surface area contributed by atoms with E-state index in [2.05, 4.69) is 41.6 Å². The van der Waals surface area contributed by atoms with Gasteiger partial charge in [-0.2, -0.15) is 4.98 Å². The van der Waals surface area contributed by atoms with E-state index in [0.29, 0.717) is 42.3 Å². The molecule has 0 saturated carbocycles. The number of aromatic nitrogens is 2. The highest BCUT2D eigenvalue weighted by molar-refractivity contribution is 6.35. The van der Waals surface area contributed by atoms with Crippen LogP contribution in [0.1, 0.15) is 83.2 Å². The third-order valence-electron chi connectivity index (χ3n) is 9.13. The average Bonchev–Trinajstić information content (AvgIpc) is 3.17. The van der Waals surface area contributed by atoms with E-state index in [1.54, 1.807) is 11.0 Å². The van der Waals surface area contributed by atoms with Gasteiger partial charge in [0.15, 0.2) is 0 Å². The summed E-state index contributed by atoms with van der Waals surface area (Å²) in [5.41, 5.74) is 2.96. The number of halogens is 1. The molecule has 2 fully saturated rings. The van der Waals surface area contributed by atoms with Gasteiger partial charge >= 0.3 is 6.09 Å². The van der Waals surface area contributed by atoms with Crippen LogP contribution in [-0.4, -0.2) is 63.1 Å². The number of amides is 2. The number of hydrogen-bond donors (Lipinski definition) is 0. The van der Waals surface area contributed by atoms with E-state index < -0.39 is 11.0 Å². The summed E-state index contributed by atoms with van der Waals surface area (Å²) in [6, 6.07) is 12.1. The van der Waals surface area contributed by atoms with Crippen LogP contribution in [0.25, 0.3) is 16.6 Å². The largest absolute Gasteiger partial charge is 0.444 e. The number of piperidine rings is 2. The lowest BCUT2D eigenvalue weighted by Gasteiger charge is -2.37. The Labute approximate surface area is 251 Å². The maximum absolute atomic E-state index is 13.4. The van der Waals surface area contributed by atoms with Crippen LogP contribution < -0.4 is 5.56 Å². The minimum atomic E-state index is -0.522. The first-order chi connectivity index (χ1) is 19.8. The second kappa shape index (κ2) is 10.4. The van der Waals surface area contributed by atoms with Crippen LogP contribution in [0.15, 0.2) is 41.2 Å². The van der Waals surface area contributed by atoms with Crippen LogP contribution in [0.5, 0.6) is 0 Å². The van der Waals surface area contributed by atoms with Gasteiger partial charge in [0.25, 0.3) is 5.56 Å². The Hall–Kier alpha value is -3.39. The maximum Gasteiger partial charge on any atom is 0.410 e. The van der Waals surface area contributed by atoms with Crippen molar-refractivity contribution >= 4 is 34.5 Å². The van der Waals surface area contributed by atoms with Crippen LogP contribution in [0, 0.1) is 5.92 Å². The van der Waals surface area contributed by atoms with Gasteiger partial charge in [-0.25, -0.2) is 4.79 Å². The molecule has 222 valence electrons. The number of fused-ring (bicyclic) bond motifs is 5. The summed E-state index contributed by atoms with van der Waals surface area (Å²) in [5.74, 6) is 1.25. The maximum atomic E-state index is 13.4. The van der Waals surface area contributed by atoms with Crippen LogP contribution in [0.3, 0.4) is 0 Å². The van der Waals surface area contributed by atoms with E-state index in [1.807, 2.05) is 37.8 Å². The zero-order valence-electron chi connectivity index (χ0n) is 25.1. The summed E-state index contributed by atoms with van der Waals surface area (Å²) in [6.07, 6.45) is 2.87. The van der Waals surface area contributed by atoms with Crippen molar-refractivity contribution in [2.45, 2.75) is 77.2 Å². The summed E-state index contributed by atoms with van der Waals surface area (Å²) >= 11 is 6.41. The molecule has 42 heavy (non-hydrogen) atoms. The van der Waals surface area contributed by atoms with Gasteiger partial charge in [0.2, 0.25) is 5.91 Å². The van der Waals surface area contributed by atoms with E-state index >= 15 is 0 Å². The van der Waals surface area contributed by atoms with Crippen molar-refractivity contribution in [3.05, 3.63) is 68.7 Å². The molecule has 4 heterocycles. The third kappa shape index (κ3) is 4.97. The zero-order valence-corrected chi connectivity index (χ0v) is 25.8. The minimum absolute atomic E-state index is 0.0432. The molecule has 3 aliphatic heterocycles. The number of carbonyl (C=O) groups is 2. The molecule has 2 amide bonds. The summed E-state index contributed by atoms with van der Waals surface area (Å²) in [5, 5.41) is 0.862. The van der Waals surface area contributed by atoms with Crippen LogP contribution in [0.4, 0.5) is 4.79 Å². The number of likely N-dealkylation sites (tertiary alicyclic amines) is 2. The first-order valence-electron chi connectivity index (χ1n) is 15.0. The van der Waals surface area contributed by atoms with Crippen molar-refractivity contribution in [1.82, 2.24) is 19.4 Å². The first kappa shape index (κ1) is 28.7. The lowest BCUT2D eigenvalue weighted by Crippen LogP contribution is -2.47. The summed E-state index contributed by atoms with van der Waals surface area (Å²) in [6.45, 7) is 12.4. The monoisotopic (exact) mass is 590 g/mol. The third-order valence-corrected chi connectivity index (χ3v) is 9.45. The molecule has 8 nitrogen and oxygen atoms in total. The van der Waals surface area contributed by atoms with Gasteiger partial charge in [0.05, 0.1) is 27.0 Å². The molecule has 6 rings (SSSR count). The number of carbonyl (C=O) groups excluding carboxylic acids is 2. The number of benzene rings is 2. The molecule has 2 saturated heterocycles. The van der Waals surface area contributed by atoms with Crippen molar-refractivity contribution in [3.63, 3.8) is 0 Å². The summed E-state index contributed by atoms with van der Waals surface area (Å²) < 4.78 is 7.58. The fraction of sp³-hybridized carbons (Fsp3) is 0.515. The van der Waals surface area contributed by atoms with Gasteiger partial charge in [0.1, 0.15) is 11.4 Å². The SMILES string of the molecule is CC(C)(C)OC(=O)N1CCC(C(=O)N2CCC(c3ccc4c(c3)C(C)(C)c3nc(=O)c5c(Cl)cccc5n3-4)CC2)CC1. The van der Waals surface area contributed by atoms with Crippen LogP contribution in [-0.2, 0) is 14.9 Å². The number of hydrogen-bond acceptors (Lipinski definition) is 5. The highest BCUT2D eigenvalue weighted by atomic mass is 35.5. The Morgan fingerprint density at radius 2 is 1.64 bits per heavy atom. The van der Waals surface area contributed by atoms with Gasteiger partial charge in [0, 0.05) is 32.1 Å². The fourth-order valence-corrected chi connectivity index (χ4v) is 7.09. The van der Waals surface area contributed by atoms with E-state index in [-0.39, 0.29) is 23.5 Å². The minimum Gasteiger partial charge on any atom is -0.444 e. The molecule has 9 heteroatoms. The second-order valence-corrected chi connectivity index (χ2v) is 13.9. The smallest absolute Gasteiger partial charge is 0.410 e. The molecule has 3 aromatic rings. The molecule has 0 aliphatic carbocycles. The molecule has 0 radical (unpaired) electrons. The van der Waals surface area contributed by atoms with Crippen LogP contribution >= 0.6 is 11.6 Å². The fourth-order valence-electron chi connectivity index (χ4n) is 6.84. The lowest BCUT2D eigenvalue weighted by atomic mass is 9.81. The topological polar surface area (TPSA) is 84.7 Å². The molecule has 0 bridgehead atoms. The zero-order chi connectivity index (χ0) is 30.0. The molecule has 1 aromatic heterocycles. The van der Waals surface area contributed by atoms with Gasteiger partial charge < -0.3 is 14.5 Å². The second-order valence-electron chi connectivity index (χ2n) is 13.5. The number of ether oxygens (including phenoxy) is 1. The molecular weight excluding hydrogens is 552 g/mol. The van der Waals surface area contributed by atoms with Gasteiger partial charge in [-0.05, 0) is 95.5 Å². The van der Waals surface area contributed by atoms with Gasteiger partial charge in [-0.15, -0.1) is 0 Å². The van der Waals surface area contributed by atoms with Crippen LogP contribution in [0.2, 0.25) is 5.02 Å². The van der Waals surface area contributed by atoms with Gasteiger partial charge in [-0.3, -0.25) is 14.2 Å². The highest BCUT2D eigenvalue weighted by Gasteiger charge is 2.40. The van der Waals surface area contributed by atoms with E-state index in [4.69, 9.17) is 16.3 Å². The molecule has 3 aliphatic rings. The Kier molecular flexibility index (Phi) is 7.11. The molecule has 2 aromatic carbocycles. The predicted octanol–water partition coefficient (Wildman–Crippen LogP) is 6.03. The Balaban J connectivity index is 1.14. The molecule has 0 spiro atoms. The van der Waals surface area contributed by atoms with Crippen molar-refractivity contribution in [2.24, 2.45) is 5.92 Å². The molecular formula is C33H39ClN4O4. The lowest BCUT2D eigenvalue weighted by molar-refractivity contribution is -0.138. The molecule has 0 atom stereocenters. The average molecular weight is 591 g/mol. The summed E-state index contributed by atoms with van der Waals surface area (Å²) in [4.78, 5) is 47.0. The van der Waals surface area contributed by atoms with Crippen molar-refractivity contribution in [2.75, 3.05) is 26.2 Å². The van der Waals surface area contributed by atoms with Gasteiger partial charge in [-0.1, -0.05) is 29.8 Å². The quantitative estimate of drug-likeness (QED) is 0.364. The number of rotatable bonds is 2. The Morgan fingerprint density at radius 3 is 2.31 bits per heavy atom. The van der Waals surface area contributed by atoms with Crippen molar-refractivity contribution in [1.29, 1.82) is 0 Å². The predicted molar refractivity (Wildman–Crippen MR) is 164 cm³/mol.